The first-order chi connectivity index (χ1) is 9.92. The first kappa shape index (κ1) is 15.7. The van der Waals surface area contributed by atoms with E-state index in [0.717, 1.165) is 25.9 Å². The van der Waals surface area contributed by atoms with Crippen LogP contribution < -0.4 is 20.5 Å². The molecular formula is C13H20N4O3S. The zero-order chi connectivity index (χ0) is 15.3. The van der Waals surface area contributed by atoms with Gasteiger partial charge in [0.2, 0.25) is 5.91 Å². The number of nitrogens with two attached hydrogens (primary N) is 1. The number of carbonyl (C=O) groups is 1. The molecule has 1 aromatic carbocycles. The van der Waals surface area contributed by atoms with Gasteiger partial charge >= 0.3 is 0 Å². The standard InChI is InChI=1S/C13H20N4O3S/c14-21(19,20)17-12-5-1-4-11(8-12)16-13(18)7-10-3-2-6-15-9-10/h1,4-5,8,10,15,17H,2-3,6-7,9H2,(H,16,18)(H2,14,19,20). The Morgan fingerprint density at radius 3 is 2.81 bits per heavy atom. The van der Waals surface area contributed by atoms with Gasteiger partial charge in [0, 0.05) is 12.1 Å². The number of nitrogens with one attached hydrogen (secondary N) is 3. The normalized spacial score (nSPS) is 19.0. The minimum absolute atomic E-state index is 0.0727. The molecule has 5 N–H and O–H groups in total. The van der Waals surface area contributed by atoms with Gasteiger partial charge in [0.1, 0.15) is 0 Å². The van der Waals surface area contributed by atoms with Crippen molar-refractivity contribution >= 4 is 27.5 Å². The summed E-state index contributed by atoms with van der Waals surface area (Å²) in [5, 5.41) is 11.0. The summed E-state index contributed by atoms with van der Waals surface area (Å²) in [6.07, 6.45) is 2.60. The molecule has 116 valence electrons. The fourth-order valence-electron chi connectivity index (χ4n) is 2.40. The van der Waals surface area contributed by atoms with Gasteiger partial charge in [0.15, 0.2) is 0 Å². The lowest BCUT2D eigenvalue weighted by Gasteiger charge is -2.22. The average Bonchev–Trinajstić information content (AvgIpc) is 2.38. The molecule has 1 aliphatic rings. The molecular weight excluding hydrogens is 292 g/mol. The quantitative estimate of drug-likeness (QED) is 0.638. The van der Waals surface area contributed by atoms with Crippen LogP contribution in [0.4, 0.5) is 11.4 Å². The minimum Gasteiger partial charge on any atom is -0.326 e. The fraction of sp³-hybridized carbons (Fsp3) is 0.462. The van der Waals surface area contributed by atoms with E-state index in [0.29, 0.717) is 23.7 Å². The highest BCUT2D eigenvalue weighted by molar-refractivity contribution is 7.90. The second-order valence-corrected chi connectivity index (χ2v) is 6.49. The number of anilines is 2. The lowest BCUT2D eigenvalue weighted by atomic mass is 9.96. The summed E-state index contributed by atoms with van der Waals surface area (Å²) in [6.45, 7) is 1.87. The van der Waals surface area contributed by atoms with Crippen LogP contribution in [0.25, 0.3) is 0 Å². The molecule has 1 fully saturated rings. The highest BCUT2D eigenvalue weighted by Gasteiger charge is 2.16. The number of benzene rings is 1. The molecule has 0 bridgehead atoms. The SMILES string of the molecule is NS(=O)(=O)Nc1cccc(NC(=O)CC2CCCNC2)c1. The van der Waals surface area contributed by atoms with Crippen LogP contribution >= 0.6 is 0 Å². The van der Waals surface area contributed by atoms with Crippen LogP contribution in [-0.2, 0) is 15.0 Å². The lowest BCUT2D eigenvalue weighted by molar-refractivity contribution is -0.117. The summed E-state index contributed by atoms with van der Waals surface area (Å²) in [5.74, 6) is 0.279. The van der Waals surface area contributed by atoms with Gasteiger partial charge in [-0.15, -0.1) is 0 Å². The zero-order valence-corrected chi connectivity index (χ0v) is 12.4. The van der Waals surface area contributed by atoms with E-state index in [2.05, 4.69) is 15.4 Å². The van der Waals surface area contributed by atoms with Crippen LogP contribution in [0.3, 0.4) is 0 Å². The molecule has 0 saturated carbocycles. The van der Waals surface area contributed by atoms with E-state index in [9.17, 15) is 13.2 Å². The van der Waals surface area contributed by atoms with Gasteiger partial charge < -0.3 is 10.6 Å². The molecule has 7 nitrogen and oxygen atoms in total. The van der Waals surface area contributed by atoms with Gasteiger partial charge in [0.05, 0.1) is 5.69 Å². The highest BCUT2D eigenvalue weighted by atomic mass is 32.2. The van der Waals surface area contributed by atoms with Crippen molar-refractivity contribution in [2.24, 2.45) is 11.1 Å². The Hall–Kier alpha value is -1.64. The van der Waals surface area contributed by atoms with Gasteiger partial charge in [-0.1, -0.05) is 6.07 Å². The van der Waals surface area contributed by atoms with Crippen molar-refractivity contribution in [3.05, 3.63) is 24.3 Å². The van der Waals surface area contributed by atoms with E-state index in [-0.39, 0.29) is 5.91 Å². The molecule has 0 radical (unpaired) electrons. The van der Waals surface area contributed by atoms with Crippen LogP contribution in [0.15, 0.2) is 24.3 Å². The molecule has 8 heteroatoms. The minimum atomic E-state index is -3.82. The third kappa shape index (κ3) is 5.70. The van der Waals surface area contributed by atoms with Gasteiger partial charge in [-0.05, 0) is 50.0 Å². The summed E-state index contributed by atoms with van der Waals surface area (Å²) < 4.78 is 24.1. The third-order valence-electron chi connectivity index (χ3n) is 3.28. The molecule has 1 aliphatic heterocycles. The predicted molar refractivity (Wildman–Crippen MR) is 82.0 cm³/mol. The molecule has 1 aromatic rings. The molecule has 0 aliphatic carbocycles. The molecule has 0 aromatic heterocycles. The first-order valence-corrected chi connectivity index (χ1v) is 8.38. The maximum absolute atomic E-state index is 12.0. The summed E-state index contributed by atoms with van der Waals surface area (Å²) in [7, 11) is -3.82. The van der Waals surface area contributed by atoms with Crippen LogP contribution in [0, 0.1) is 5.92 Å². The number of rotatable bonds is 5. The van der Waals surface area contributed by atoms with E-state index in [1.807, 2.05) is 0 Å². The van der Waals surface area contributed by atoms with E-state index in [1.165, 1.54) is 6.07 Å². The first-order valence-electron chi connectivity index (χ1n) is 6.83. The maximum Gasteiger partial charge on any atom is 0.296 e. The van der Waals surface area contributed by atoms with Crippen molar-refractivity contribution in [2.75, 3.05) is 23.1 Å². The second-order valence-electron chi connectivity index (χ2n) is 5.19. The number of hydrogen-bond donors (Lipinski definition) is 4. The maximum atomic E-state index is 12.0. The topological polar surface area (TPSA) is 113 Å². The van der Waals surface area contributed by atoms with Crippen LogP contribution in [0.1, 0.15) is 19.3 Å². The molecule has 1 atom stereocenters. The van der Waals surface area contributed by atoms with Crippen molar-refractivity contribution in [1.82, 2.24) is 5.32 Å². The Morgan fingerprint density at radius 1 is 1.38 bits per heavy atom. The Labute approximate surface area is 124 Å². The smallest absolute Gasteiger partial charge is 0.296 e. The second kappa shape index (κ2) is 6.88. The zero-order valence-electron chi connectivity index (χ0n) is 11.6. The Bertz CT molecular complexity index is 597. The van der Waals surface area contributed by atoms with Crippen molar-refractivity contribution < 1.29 is 13.2 Å². The molecule has 1 heterocycles. The highest BCUT2D eigenvalue weighted by Crippen LogP contribution is 2.18. The Morgan fingerprint density at radius 2 is 2.14 bits per heavy atom. The molecule has 21 heavy (non-hydrogen) atoms. The molecule has 1 unspecified atom stereocenters. The van der Waals surface area contributed by atoms with E-state index in [1.54, 1.807) is 18.2 Å². The van der Waals surface area contributed by atoms with Gasteiger partial charge in [-0.25, -0.2) is 5.14 Å². The van der Waals surface area contributed by atoms with Crippen molar-refractivity contribution in [2.45, 2.75) is 19.3 Å². The van der Waals surface area contributed by atoms with Gasteiger partial charge in [0.25, 0.3) is 10.2 Å². The summed E-state index contributed by atoms with van der Waals surface area (Å²) in [5.41, 5.74) is 0.854. The Kier molecular flexibility index (Phi) is 5.16. The van der Waals surface area contributed by atoms with Crippen molar-refractivity contribution in [3.63, 3.8) is 0 Å². The predicted octanol–water partition coefficient (Wildman–Crippen LogP) is 0.630. The van der Waals surface area contributed by atoms with Crippen LogP contribution in [0.5, 0.6) is 0 Å². The number of piperidine rings is 1. The van der Waals surface area contributed by atoms with Gasteiger partial charge in [-0.2, -0.15) is 8.42 Å². The average molecular weight is 312 g/mol. The largest absolute Gasteiger partial charge is 0.326 e. The third-order valence-corrected chi connectivity index (χ3v) is 3.80. The molecule has 2 rings (SSSR count). The van der Waals surface area contributed by atoms with Gasteiger partial charge in [-0.3, -0.25) is 9.52 Å². The van der Waals surface area contributed by atoms with Crippen molar-refractivity contribution in [1.29, 1.82) is 0 Å². The van der Waals surface area contributed by atoms with Crippen LogP contribution in [0.2, 0.25) is 0 Å². The van der Waals surface area contributed by atoms with E-state index < -0.39 is 10.2 Å². The number of carbonyl (C=O) groups excluding carboxylic acids is 1. The van der Waals surface area contributed by atoms with Crippen LogP contribution in [-0.4, -0.2) is 27.4 Å². The Balaban J connectivity index is 1.92. The molecule has 0 spiro atoms. The van der Waals surface area contributed by atoms with E-state index >= 15 is 0 Å². The fourth-order valence-corrected chi connectivity index (χ4v) is 2.85. The monoisotopic (exact) mass is 312 g/mol. The summed E-state index contributed by atoms with van der Waals surface area (Å²) in [6, 6.07) is 6.43. The van der Waals surface area contributed by atoms with E-state index in [4.69, 9.17) is 5.14 Å². The number of amides is 1. The molecule has 1 saturated heterocycles. The summed E-state index contributed by atoms with van der Waals surface area (Å²) in [4.78, 5) is 12.0. The summed E-state index contributed by atoms with van der Waals surface area (Å²) >= 11 is 0. The lowest BCUT2D eigenvalue weighted by Crippen LogP contribution is -2.32. The van der Waals surface area contributed by atoms with Crippen molar-refractivity contribution in [3.8, 4) is 0 Å². The number of hydrogen-bond acceptors (Lipinski definition) is 4. The molecule has 1 amide bonds.